The molecule has 1 aliphatic rings. The number of nitrogens with two attached hydrogens (primary N) is 1. The maximum atomic E-state index is 12.5. The number of rotatable bonds is 19. The van der Waals surface area contributed by atoms with Gasteiger partial charge in [-0.25, -0.2) is 4.98 Å². The molecule has 1 saturated carbocycles. The first kappa shape index (κ1) is 31.1. The number of hydrogen-bond acceptors (Lipinski definition) is 11. The standard InChI is InChI=1S/C29H44N10O3/c30-11-17-41-19-20-42-18-14-32-26(40)24-9-7-23(8-10-24)21-34-28-36-27(33-12-4-15-39-16-13-31-22-39)37-29(38-28)35-25-5-2-1-3-6-25/h7-10,13,16,22,25H,1-6,11-12,14-15,17-21,30H2,(H,32,40)(H3,33,34,35,36,37,38). The molecule has 13 nitrogen and oxygen atoms in total. The fourth-order valence-electron chi connectivity index (χ4n) is 4.61. The number of aromatic nitrogens is 5. The van der Waals surface area contributed by atoms with Gasteiger partial charge in [0.2, 0.25) is 17.8 Å². The van der Waals surface area contributed by atoms with E-state index in [1.165, 1.54) is 19.3 Å². The molecule has 0 bridgehead atoms. The normalized spacial score (nSPS) is 13.5. The maximum Gasteiger partial charge on any atom is 0.251 e. The van der Waals surface area contributed by atoms with Crippen LogP contribution in [0.25, 0.3) is 0 Å². The first-order valence-corrected chi connectivity index (χ1v) is 14.9. The number of hydrogen-bond donors (Lipinski definition) is 5. The number of benzene rings is 1. The highest BCUT2D eigenvalue weighted by Gasteiger charge is 2.16. The molecule has 6 N–H and O–H groups in total. The molecular weight excluding hydrogens is 536 g/mol. The second-order valence-electron chi connectivity index (χ2n) is 10.2. The molecule has 228 valence electrons. The van der Waals surface area contributed by atoms with Gasteiger partial charge in [0, 0.05) is 56.7 Å². The Morgan fingerprint density at radius 1 is 0.905 bits per heavy atom. The Balaban J connectivity index is 1.25. The van der Waals surface area contributed by atoms with Crippen LogP contribution in [0.3, 0.4) is 0 Å². The third-order valence-corrected chi connectivity index (χ3v) is 6.84. The van der Waals surface area contributed by atoms with Crippen LogP contribution in [0.5, 0.6) is 0 Å². The fraction of sp³-hybridized carbons (Fsp3) is 0.552. The highest BCUT2D eigenvalue weighted by atomic mass is 16.5. The number of carbonyl (C=O) groups excluding carboxylic acids is 1. The summed E-state index contributed by atoms with van der Waals surface area (Å²) in [6.07, 6.45) is 12.4. The predicted octanol–water partition coefficient (Wildman–Crippen LogP) is 2.65. The van der Waals surface area contributed by atoms with Crippen LogP contribution in [0, 0.1) is 0 Å². The molecule has 0 radical (unpaired) electrons. The highest BCUT2D eigenvalue weighted by Crippen LogP contribution is 2.21. The van der Waals surface area contributed by atoms with Crippen LogP contribution < -0.4 is 27.0 Å². The number of imidazole rings is 1. The average Bonchev–Trinajstić information content (AvgIpc) is 3.54. The molecule has 0 unspecified atom stereocenters. The molecule has 2 heterocycles. The molecule has 0 atom stereocenters. The van der Waals surface area contributed by atoms with Gasteiger partial charge in [0.15, 0.2) is 0 Å². The number of amides is 1. The van der Waals surface area contributed by atoms with E-state index < -0.39 is 0 Å². The Bertz CT molecular complexity index is 1170. The lowest BCUT2D eigenvalue weighted by Gasteiger charge is -2.23. The van der Waals surface area contributed by atoms with Crippen molar-refractivity contribution in [1.29, 1.82) is 0 Å². The molecular formula is C29H44N10O3. The molecule has 1 amide bonds. The van der Waals surface area contributed by atoms with E-state index in [1.54, 1.807) is 6.20 Å². The van der Waals surface area contributed by atoms with E-state index in [4.69, 9.17) is 15.2 Å². The van der Waals surface area contributed by atoms with Crippen LogP contribution >= 0.6 is 0 Å². The number of nitrogens with zero attached hydrogens (tertiary/aromatic N) is 5. The summed E-state index contributed by atoms with van der Waals surface area (Å²) >= 11 is 0. The summed E-state index contributed by atoms with van der Waals surface area (Å²) in [6, 6.07) is 7.84. The second-order valence-corrected chi connectivity index (χ2v) is 10.2. The quantitative estimate of drug-likeness (QED) is 0.132. The molecule has 2 aromatic heterocycles. The van der Waals surface area contributed by atoms with Gasteiger partial charge in [-0.2, -0.15) is 15.0 Å². The topological polar surface area (TPSA) is 166 Å². The van der Waals surface area contributed by atoms with Gasteiger partial charge in [-0.05, 0) is 37.0 Å². The highest BCUT2D eigenvalue weighted by molar-refractivity contribution is 5.94. The molecule has 0 spiro atoms. The predicted molar refractivity (Wildman–Crippen MR) is 162 cm³/mol. The zero-order valence-electron chi connectivity index (χ0n) is 24.3. The lowest BCUT2D eigenvalue weighted by Crippen LogP contribution is -2.27. The number of anilines is 3. The van der Waals surface area contributed by atoms with Crippen molar-refractivity contribution in [3.05, 3.63) is 54.1 Å². The molecule has 4 rings (SSSR count). The van der Waals surface area contributed by atoms with E-state index in [2.05, 4.69) is 41.2 Å². The zero-order valence-corrected chi connectivity index (χ0v) is 24.3. The lowest BCUT2D eigenvalue weighted by molar-refractivity contribution is 0.0511. The van der Waals surface area contributed by atoms with Crippen molar-refractivity contribution in [3.63, 3.8) is 0 Å². The summed E-state index contributed by atoms with van der Waals surface area (Å²) in [5, 5.41) is 13.0. The van der Waals surface area contributed by atoms with E-state index in [0.29, 0.717) is 75.5 Å². The van der Waals surface area contributed by atoms with E-state index in [-0.39, 0.29) is 5.91 Å². The van der Waals surface area contributed by atoms with Gasteiger partial charge in [0.1, 0.15) is 0 Å². The lowest BCUT2D eigenvalue weighted by atomic mass is 9.96. The molecule has 0 saturated heterocycles. The van der Waals surface area contributed by atoms with Gasteiger partial charge in [-0.15, -0.1) is 0 Å². The first-order valence-electron chi connectivity index (χ1n) is 14.9. The van der Waals surface area contributed by atoms with E-state index >= 15 is 0 Å². The number of aryl methyl sites for hydroxylation is 1. The zero-order chi connectivity index (χ0) is 29.2. The SMILES string of the molecule is NCCOCCOCCNC(=O)c1ccc(CNc2nc(NCCCn3ccnc3)nc(NC3CCCCC3)n2)cc1. The minimum absolute atomic E-state index is 0.142. The number of ether oxygens (including phenoxy) is 2. The Morgan fingerprint density at radius 2 is 1.64 bits per heavy atom. The summed E-state index contributed by atoms with van der Waals surface area (Å²) in [6.45, 7) is 4.93. The molecule has 1 fully saturated rings. The van der Waals surface area contributed by atoms with Gasteiger partial charge >= 0.3 is 0 Å². The molecule has 0 aliphatic heterocycles. The number of carbonyl (C=O) groups is 1. The molecule has 3 aromatic rings. The molecule has 1 aromatic carbocycles. The molecule has 42 heavy (non-hydrogen) atoms. The van der Waals surface area contributed by atoms with Crippen LogP contribution in [0.4, 0.5) is 17.8 Å². The van der Waals surface area contributed by atoms with Crippen molar-refractivity contribution < 1.29 is 14.3 Å². The molecule has 1 aliphatic carbocycles. The van der Waals surface area contributed by atoms with Gasteiger partial charge in [-0.3, -0.25) is 4.79 Å². The summed E-state index contributed by atoms with van der Waals surface area (Å²) in [5.41, 5.74) is 6.96. The van der Waals surface area contributed by atoms with Crippen LogP contribution in [0.2, 0.25) is 0 Å². The minimum Gasteiger partial charge on any atom is -0.378 e. The van der Waals surface area contributed by atoms with Gasteiger partial charge in [0.25, 0.3) is 5.91 Å². The van der Waals surface area contributed by atoms with E-state index in [9.17, 15) is 4.79 Å². The van der Waals surface area contributed by atoms with Crippen molar-refractivity contribution in [1.82, 2.24) is 29.8 Å². The van der Waals surface area contributed by atoms with Crippen LogP contribution in [0.1, 0.15) is 54.4 Å². The Labute approximate surface area is 247 Å². The summed E-state index contributed by atoms with van der Waals surface area (Å²) in [5.74, 6) is 1.47. The second kappa shape index (κ2) is 17.9. The monoisotopic (exact) mass is 580 g/mol. The van der Waals surface area contributed by atoms with Crippen molar-refractivity contribution in [2.75, 3.05) is 62.0 Å². The van der Waals surface area contributed by atoms with Crippen LogP contribution in [-0.2, 0) is 22.6 Å². The van der Waals surface area contributed by atoms with Crippen molar-refractivity contribution in [2.45, 2.75) is 57.7 Å². The Hall–Kier alpha value is -3.81. The van der Waals surface area contributed by atoms with Gasteiger partial charge in [0.05, 0.1) is 32.8 Å². The maximum absolute atomic E-state index is 12.5. The number of nitrogens with one attached hydrogen (secondary N) is 4. The fourth-order valence-corrected chi connectivity index (χ4v) is 4.61. The summed E-state index contributed by atoms with van der Waals surface area (Å²) in [4.78, 5) is 30.4. The first-order chi connectivity index (χ1) is 20.7. The van der Waals surface area contributed by atoms with Gasteiger partial charge < -0.3 is 41.0 Å². The molecule has 13 heteroatoms. The third kappa shape index (κ3) is 11.2. The van der Waals surface area contributed by atoms with Crippen LogP contribution in [0.15, 0.2) is 43.0 Å². The Morgan fingerprint density at radius 3 is 2.38 bits per heavy atom. The minimum atomic E-state index is -0.142. The van der Waals surface area contributed by atoms with E-state index in [0.717, 1.165) is 37.9 Å². The third-order valence-electron chi connectivity index (χ3n) is 6.84. The largest absolute Gasteiger partial charge is 0.378 e. The summed E-state index contributed by atoms with van der Waals surface area (Å²) in [7, 11) is 0. The van der Waals surface area contributed by atoms with Crippen molar-refractivity contribution in [3.8, 4) is 0 Å². The van der Waals surface area contributed by atoms with Crippen molar-refractivity contribution in [2.24, 2.45) is 5.73 Å². The summed E-state index contributed by atoms with van der Waals surface area (Å²) < 4.78 is 12.7. The smallest absolute Gasteiger partial charge is 0.251 e. The van der Waals surface area contributed by atoms with E-state index in [1.807, 2.05) is 41.4 Å². The van der Waals surface area contributed by atoms with Gasteiger partial charge in [-0.1, -0.05) is 31.4 Å². The Kier molecular flexibility index (Phi) is 13.3. The average molecular weight is 581 g/mol. The van der Waals surface area contributed by atoms with Crippen LogP contribution in [-0.4, -0.2) is 82.5 Å². The van der Waals surface area contributed by atoms with Crippen molar-refractivity contribution >= 4 is 23.8 Å².